The Balaban J connectivity index is 1.88. The van der Waals surface area contributed by atoms with Crippen LogP contribution in [-0.4, -0.2) is 19.0 Å². The molecule has 0 aromatic carbocycles. The van der Waals surface area contributed by atoms with Gasteiger partial charge in [-0.25, -0.2) is 0 Å². The fourth-order valence-corrected chi connectivity index (χ4v) is 5.02. The highest BCUT2D eigenvalue weighted by Gasteiger charge is 2.48. The molecule has 1 fully saturated rings. The van der Waals surface area contributed by atoms with Gasteiger partial charge >= 0.3 is 5.88 Å². The third-order valence-corrected chi connectivity index (χ3v) is 6.41. The lowest BCUT2D eigenvalue weighted by atomic mass is 9.56. The highest BCUT2D eigenvalue weighted by Crippen LogP contribution is 2.57. The molecule has 3 atom stereocenters. The molecule has 27 heavy (non-hydrogen) atoms. The molecule has 1 saturated carbocycles. The second-order valence-electron chi connectivity index (χ2n) is 8.33. The summed E-state index contributed by atoms with van der Waals surface area (Å²) in [6.45, 7) is 4.31. The van der Waals surface area contributed by atoms with Gasteiger partial charge in [-0.2, -0.15) is 0 Å². The molecule has 1 aliphatic heterocycles. The number of methoxy groups -OCH3 is 2. The predicted molar refractivity (Wildman–Crippen MR) is 105 cm³/mol. The number of allylic oxidation sites excluding steroid dienone is 9. The molecule has 0 spiro atoms. The van der Waals surface area contributed by atoms with E-state index in [-0.39, 0.29) is 5.41 Å². The summed E-state index contributed by atoms with van der Waals surface area (Å²) in [5.74, 6) is 2.41. The Labute approximate surface area is 161 Å². The second kappa shape index (κ2) is 6.66. The lowest BCUT2D eigenvalue weighted by molar-refractivity contribution is -0.462. The number of nitrogens with zero attached hydrogens (tertiary/aromatic N) is 1. The monoisotopic (exact) mass is 366 g/mol. The Bertz CT molecular complexity index is 864. The maximum absolute atomic E-state index is 12.7. The maximum atomic E-state index is 12.7. The van der Waals surface area contributed by atoms with Crippen molar-refractivity contribution in [2.45, 2.75) is 39.5 Å². The third-order valence-electron chi connectivity index (χ3n) is 6.41. The van der Waals surface area contributed by atoms with Gasteiger partial charge in [-0.05, 0) is 74.7 Å². The summed E-state index contributed by atoms with van der Waals surface area (Å²) in [5.41, 5.74) is 4.81. The van der Waals surface area contributed by atoms with Crippen molar-refractivity contribution in [2.24, 2.45) is 17.3 Å². The summed E-state index contributed by atoms with van der Waals surface area (Å²) in [6.07, 6.45) is 16.5. The standard InChI is InChI=1S/C23H28NO3/c1-15(2)5-6-16-9-18-14-24(25)22(27-4)13-23-8-7-19(26-3)11-21(23)20(18)10-17(16)12-23/h5,7-8,11,13-14,16-17H,6,9-10,12H2,1-4H3/q+1/b18-14?,22-13+. The van der Waals surface area contributed by atoms with Crippen LogP contribution in [0.25, 0.3) is 0 Å². The molecule has 0 radical (unpaired) electrons. The molecule has 4 nitrogen and oxygen atoms in total. The van der Waals surface area contributed by atoms with Crippen LogP contribution in [0.3, 0.4) is 0 Å². The van der Waals surface area contributed by atoms with E-state index in [1.807, 2.05) is 12.2 Å². The zero-order valence-corrected chi connectivity index (χ0v) is 16.6. The van der Waals surface area contributed by atoms with Crippen molar-refractivity contribution in [3.8, 4) is 0 Å². The maximum Gasteiger partial charge on any atom is 0.419 e. The largest absolute Gasteiger partial charge is 0.497 e. The Kier molecular flexibility index (Phi) is 4.45. The Hall–Kier alpha value is -2.36. The summed E-state index contributed by atoms with van der Waals surface area (Å²) in [7, 11) is 3.27. The van der Waals surface area contributed by atoms with E-state index in [9.17, 15) is 4.91 Å². The molecule has 4 heteroatoms. The molecule has 4 rings (SSSR count). The Morgan fingerprint density at radius 1 is 1.30 bits per heavy atom. The predicted octanol–water partition coefficient (Wildman–Crippen LogP) is 5.32. The van der Waals surface area contributed by atoms with Gasteiger partial charge in [0.15, 0.2) is 0 Å². The van der Waals surface area contributed by atoms with Crippen LogP contribution in [-0.2, 0) is 9.47 Å². The zero-order valence-electron chi connectivity index (χ0n) is 16.6. The van der Waals surface area contributed by atoms with Crippen LogP contribution in [0.2, 0.25) is 0 Å². The summed E-state index contributed by atoms with van der Waals surface area (Å²) in [5, 5.41) is 0. The minimum atomic E-state index is -0.294. The van der Waals surface area contributed by atoms with Crippen molar-refractivity contribution in [1.82, 2.24) is 0 Å². The van der Waals surface area contributed by atoms with Gasteiger partial charge in [0.05, 0.1) is 14.2 Å². The Morgan fingerprint density at radius 2 is 2.11 bits per heavy atom. The first-order valence-corrected chi connectivity index (χ1v) is 9.72. The van der Waals surface area contributed by atoms with Gasteiger partial charge in [0.2, 0.25) is 6.20 Å². The molecule has 3 aliphatic carbocycles. The van der Waals surface area contributed by atoms with E-state index >= 15 is 0 Å². The molecule has 3 bridgehead atoms. The molecule has 1 heterocycles. The molecule has 3 unspecified atom stereocenters. The lowest BCUT2D eigenvalue weighted by Crippen LogP contribution is -2.38. The number of nitroso groups, excluding NO2 is 1. The van der Waals surface area contributed by atoms with E-state index in [1.165, 1.54) is 16.7 Å². The highest BCUT2D eigenvalue weighted by atomic mass is 16.5. The first kappa shape index (κ1) is 18.0. The molecule has 0 aromatic heterocycles. The van der Waals surface area contributed by atoms with Crippen LogP contribution in [0, 0.1) is 22.2 Å². The SMILES string of the molecule is COC1=CC2=C3CC4CC2(C=C1)/C=C(/OC)[N+](=O)C=C3CC4CC=C(C)C. The van der Waals surface area contributed by atoms with Crippen molar-refractivity contribution in [3.05, 3.63) is 75.4 Å². The summed E-state index contributed by atoms with van der Waals surface area (Å²) >= 11 is 0. The molecule has 0 amide bonds. The van der Waals surface area contributed by atoms with E-state index in [1.54, 1.807) is 20.4 Å². The quantitative estimate of drug-likeness (QED) is 0.499. The van der Waals surface area contributed by atoms with Crippen molar-refractivity contribution in [3.63, 3.8) is 0 Å². The molecule has 4 aliphatic rings. The van der Waals surface area contributed by atoms with E-state index in [2.05, 4.69) is 32.1 Å². The van der Waals surface area contributed by atoms with E-state index < -0.39 is 0 Å². The summed E-state index contributed by atoms with van der Waals surface area (Å²) < 4.78 is 11.9. The number of hydrogen-bond acceptors (Lipinski definition) is 3. The molecular formula is C23H28NO3+. The van der Waals surface area contributed by atoms with Crippen molar-refractivity contribution >= 4 is 0 Å². The van der Waals surface area contributed by atoms with Crippen LogP contribution in [0.4, 0.5) is 0 Å². The molecule has 0 saturated heterocycles. The minimum absolute atomic E-state index is 0.294. The number of rotatable bonds is 4. The van der Waals surface area contributed by atoms with Gasteiger partial charge in [-0.1, -0.05) is 17.7 Å². The van der Waals surface area contributed by atoms with Crippen LogP contribution in [0.1, 0.15) is 39.5 Å². The molecular weight excluding hydrogens is 338 g/mol. The van der Waals surface area contributed by atoms with Crippen molar-refractivity contribution in [2.75, 3.05) is 14.2 Å². The zero-order chi connectivity index (χ0) is 19.2. The normalized spacial score (nSPS) is 33.2. The van der Waals surface area contributed by atoms with E-state index in [4.69, 9.17) is 9.47 Å². The average molecular weight is 366 g/mol. The van der Waals surface area contributed by atoms with Crippen molar-refractivity contribution in [1.29, 1.82) is 0 Å². The van der Waals surface area contributed by atoms with Gasteiger partial charge in [0.25, 0.3) is 0 Å². The summed E-state index contributed by atoms with van der Waals surface area (Å²) in [4.78, 5) is 12.7. The lowest BCUT2D eigenvalue weighted by Gasteiger charge is -2.47. The fraction of sp³-hybridized carbons (Fsp3) is 0.478. The van der Waals surface area contributed by atoms with E-state index in [0.29, 0.717) is 17.7 Å². The van der Waals surface area contributed by atoms with Crippen LogP contribution < -0.4 is 0 Å². The average Bonchev–Trinajstić information content (AvgIpc) is 2.66. The van der Waals surface area contributed by atoms with Gasteiger partial charge < -0.3 is 9.47 Å². The highest BCUT2D eigenvalue weighted by molar-refractivity contribution is 5.55. The van der Waals surface area contributed by atoms with Crippen LogP contribution in [0.5, 0.6) is 0 Å². The first-order chi connectivity index (χ1) is 13.0. The topological polar surface area (TPSA) is 38.5 Å². The Morgan fingerprint density at radius 3 is 2.81 bits per heavy atom. The number of ether oxygens (including phenoxy) is 2. The van der Waals surface area contributed by atoms with Crippen LogP contribution >= 0.6 is 0 Å². The third kappa shape index (κ3) is 3.01. The fourth-order valence-electron chi connectivity index (χ4n) is 5.02. The number of fused-ring (bicyclic) bond motifs is 1. The number of hydrogen-bond donors (Lipinski definition) is 0. The molecule has 0 aromatic rings. The molecule has 0 N–H and O–H groups in total. The van der Waals surface area contributed by atoms with Gasteiger partial charge in [0.1, 0.15) is 10.5 Å². The smallest absolute Gasteiger partial charge is 0.419 e. The van der Waals surface area contributed by atoms with Crippen molar-refractivity contribution < 1.29 is 14.2 Å². The first-order valence-electron chi connectivity index (χ1n) is 9.72. The van der Waals surface area contributed by atoms with E-state index in [0.717, 1.165) is 41.8 Å². The second-order valence-corrected chi connectivity index (χ2v) is 8.33. The van der Waals surface area contributed by atoms with Gasteiger partial charge in [0, 0.05) is 22.0 Å². The summed E-state index contributed by atoms with van der Waals surface area (Å²) in [6, 6.07) is 0. The minimum Gasteiger partial charge on any atom is -0.497 e. The van der Waals surface area contributed by atoms with Gasteiger partial charge in [-0.3, -0.25) is 0 Å². The van der Waals surface area contributed by atoms with Gasteiger partial charge in [-0.15, -0.1) is 0 Å². The molecule has 142 valence electrons. The van der Waals surface area contributed by atoms with Crippen LogP contribution in [0.15, 0.2) is 70.5 Å².